The van der Waals surface area contributed by atoms with E-state index < -0.39 is 5.97 Å². The van der Waals surface area contributed by atoms with Gasteiger partial charge in [0, 0.05) is 41.7 Å². The Morgan fingerprint density at radius 1 is 1.28 bits per heavy atom. The molecule has 1 unspecified atom stereocenters. The summed E-state index contributed by atoms with van der Waals surface area (Å²) in [6.07, 6.45) is 1.07. The van der Waals surface area contributed by atoms with Crippen LogP contribution in [0.25, 0.3) is 22.6 Å². The lowest BCUT2D eigenvalue weighted by Crippen LogP contribution is -2.25. The number of halogens is 2. The van der Waals surface area contributed by atoms with E-state index in [1.54, 1.807) is 36.4 Å². The molecule has 3 aromatic rings. The van der Waals surface area contributed by atoms with Gasteiger partial charge in [-0.15, -0.1) is 0 Å². The lowest BCUT2D eigenvalue weighted by molar-refractivity contribution is 0.0322. The van der Waals surface area contributed by atoms with Gasteiger partial charge in [-0.2, -0.15) is 5.26 Å². The van der Waals surface area contributed by atoms with Crippen LogP contribution in [0, 0.1) is 11.3 Å². The molecule has 2 heterocycles. The molecule has 0 bridgehead atoms. The van der Waals surface area contributed by atoms with Crippen LogP contribution in [0.15, 0.2) is 40.8 Å². The van der Waals surface area contributed by atoms with E-state index in [9.17, 15) is 4.79 Å². The quantitative estimate of drug-likeness (QED) is 0.533. The maximum Gasteiger partial charge on any atom is 0.338 e. The molecule has 8 heteroatoms. The number of likely N-dealkylation sites (tertiary alicyclic amines) is 1. The number of aromatic nitrogens is 1. The zero-order valence-electron chi connectivity index (χ0n) is 15.4. The summed E-state index contributed by atoms with van der Waals surface area (Å²) in [5.41, 5.74) is 2.16. The first-order valence-electron chi connectivity index (χ1n) is 9.19. The van der Waals surface area contributed by atoms with Crippen molar-refractivity contribution in [3.05, 3.63) is 52.0 Å². The summed E-state index contributed by atoms with van der Waals surface area (Å²) in [5.74, 6) is -0.0263. The molecule has 29 heavy (non-hydrogen) atoms. The van der Waals surface area contributed by atoms with Crippen molar-refractivity contribution in [1.82, 2.24) is 9.88 Å². The summed E-state index contributed by atoms with van der Waals surface area (Å²) in [7, 11) is 0. The summed E-state index contributed by atoms with van der Waals surface area (Å²) in [6, 6.07) is 12.2. The molecular weight excluding hydrogens is 413 g/mol. The summed E-state index contributed by atoms with van der Waals surface area (Å²) in [5, 5.41) is 9.66. The molecular formula is C21H17Cl2N3O3. The van der Waals surface area contributed by atoms with E-state index in [4.69, 9.17) is 37.6 Å². The SMILES string of the molecule is N#CCCN1CCC(OC(=O)c2ccc3nc(-c4cc(Cl)cc(Cl)c4)oc3c2)C1. The fourth-order valence-corrected chi connectivity index (χ4v) is 3.90. The Bertz CT molecular complexity index is 1090. The van der Waals surface area contributed by atoms with Crippen LogP contribution in [0.2, 0.25) is 10.0 Å². The maximum atomic E-state index is 12.5. The number of oxazole rings is 1. The minimum absolute atomic E-state index is 0.171. The van der Waals surface area contributed by atoms with Gasteiger partial charge in [0.1, 0.15) is 11.6 Å². The molecule has 1 fully saturated rings. The highest BCUT2D eigenvalue weighted by atomic mass is 35.5. The molecule has 1 saturated heterocycles. The highest BCUT2D eigenvalue weighted by Crippen LogP contribution is 2.30. The molecule has 2 aromatic carbocycles. The molecule has 6 nitrogen and oxygen atoms in total. The van der Waals surface area contributed by atoms with Crippen molar-refractivity contribution in [1.29, 1.82) is 5.26 Å². The van der Waals surface area contributed by atoms with Crippen molar-refractivity contribution in [3.8, 4) is 17.5 Å². The number of nitriles is 1. The number of hydrogen-bond donors (Lipinski definition) is 0. The van der Waals surface area contributed by atoms with Crippen LogP contribution in [-0.4, -0.2) is 41.6 Å². The van der Waals surface area contributed by atoms with E-state index in [0.717, 1.165) is 13.0 Å². The first kappa shape index (κ1) is 19.7. The zero-order valence-corrected chi connectivity index (χ0v) is 16.9. The summed E-state index contributed by atoms with van der Waals surface area (Å²) >= 11 is 12.1. The smallest absolute Gasteiger partial charge is 0.338 e. The van der Waals surface area contributed by atoms with Crippen LogP contribution in [0.4, 0.5) is 0 Å². The number of nitrogens with zero attached hydrogens (tertiary/aromatic N) is 3. The number of rotatable bonds is 5. The maximum absolute atomic E-state index is 12.5. The number of fused-ring (bicyclic) bond motifs is 1. The van der Waals surface area contributed by atoms with Gasteiger partial charge in [-0.25, -0.2) is 9.78 Å². The van der Waals surface area contributed by atoms with Crippen molar-refractivity contribution >= 4 is 40.3 Å². The third kappa shape index (κ3) is 4.54. The van der Waals surface area contributed by atoms with E-state index in [-0.39, 0.29) is 6.10 Å². The first-order valence-corrected chi connectivity index (χ1v) is 9.95. The number of esters is 1. The second-order valence-electron chi connectivity index (χ2n) is 6.88. The van der Waals surface area contributed by atoms with Gasteiger partial charge in [0.2, 0.25) is 5.89 Å². The van der Waals surface area contributed by atoms with Gasteiger partial charge < -0.3 is 9.15 Å². The first-order chi connectivity index (χ1) is 14.0. The van der Waals surface area contributed by atoms with Gasteiger partial charge in [-0.3, -0.25) is 4.90 Å². The molecule has 0 aliphatic carbocycles. The lowest BCUT2D eigenvalue weighted by Gasteiger charge is -2.14. The van der Waals surface area contributed by atoms with Gasteiger partial charge in [-0.05, 0) is 42.8 Å². The van der Waals surface area contributed by atoms with E-state index >= 15 is 0 Å². The van der Waals surface area contributed by atoms with Gasteiger partial charge in [0.05, 0.1) is 11.6 Å². The van der Waals surface area contributed by atoms with Crippen molar-refractivity contribution in [2.24, 2.45) is 0 Å². The highest BCUT2D eigenvalue weighted by Gasteiger charge is 2.26. The van der Waals surface area contributed by atoms with Gasteiger partial charge >= 0.3 is 5.97 Å². The second-order valence-corrected chi connectivity index (χ2v) is 7.76. The fourth-order valence-electron chi connectivity index (χ4n) is 3.38. The third-order valence-corrected chi connectivity index (χ3v) is 5.21. The third-order valence-electron chi connectivity index (χ3n) is 4.78. The second kappa shape index (κ2) is 8.42. The Kier molecular flexibility index (Phi) is 5.72. The Balaban J connectivity index is 1.49. The van der Waals surface area contributed by atoms with E-state index in [0.29, 0.717) is 57.7 Å². The molecule has 0 saturated carbocycles. The minimum Gasteiger partial charge on any atom is -0.457 e. The van der Waals surface area contributed by atoms with E-state index in [2.05, 4.69) is 16.0 Å². The largest absolute Gasteiger partial charge is 0.457 e. The zero-order chi connectivity index (χ0) is 20.4. The number of hydrogen-bond acceptors (Lipinski definition) is 6. The number of benzene rings is 2. The summed E-state index contributed by atoms with van der Waals surface area (Å²) in [6.45, 7) is 2.18. The summed E-state index contributed by atoms with van der Waals surface area (Å²) in [4.78, 5) is 19.1. The van der Waals surface area contributed by atoms with Gasteiger partial charge in [0.15, 0.2) is 5.58 Å². The molecule has 0 N–H and O–H groups in total. The van der Waals surface area contributed by atoms with Crippen molar-refractivity contribution in [3.63, 3.8) is 0 Å². The molecule has 1 aliphatic rings. The number of carbonyl (C=O) groups is 1. The lowest BCUT2D eigenvalue weighted by atomic mass is 10.2. The normalized spacial score (nSPS) is 16.8. The molecule has 148 valence electrons. The van der Waals surface area contributed by atoms with E-state index in [1.165, 1.54) is 0 Å². The molecule has 0 spiro atoms. The molecule has 1 aromatic heterocycles. The number of ether oxygens (including phenoxy) is 1. The average Bonchev–Trinajstić information content (AvgIpc) is 3.31. The Labute approximate surface area is 177 Å². The van der Waals surface area contributed by atoms with Crippen molar-refractivity contribution in [2.75, 3.05) is 19.6 Å². The van der Waals surface area contributed by atoms with Crippen LogP contribution in [0.1, 0.15) is 23.2 Å². The fraction of sp³-hybridized carbons (Fsp3) is 0.286. The standard InChI is InChI=1S/C21H17Cl2N3O3/c22-15-8-14(9-16(23)11-15)20-25-18-3-2-13(10-19(18)29-20)21(27)28-17-4-7-26(12-17)6-1-5-24/h2-3,8-11,17H,1,4,6-7,12H2. The monoisotopic (exact) mass is 429 g/mol. The molecule has 1 atom stereocenters. The Morgan fingerprint density at radius 3 is 2.83 bits per heavy atom. The van der Waals surface area contributed by atoms with Crippen molar-refractivity contribution < 1.29 is 13.9 Å². The van der Waals surface area contributed by atoms with Crippen LogP contribution in [0.5, 0.6) is 0 Å². The molecule has 1 aliphatic heterocycles. The van der Waals surface area contributed by atoms with Crippen LogP contribution >= 0.6 is 23.2 Å². The molecule has 0 radical (unpaired) electrons. The van der Waals surface area contributed by atoms with Crippen molar-refractivity contribution in [2.45, 2.75) is 18.9 Å². The van der Waals surface area contributed by atoms with Crippen LogP contribution < -0.4 is 0 Å². The summed E-state index contributed by atoms with van der Waals surface area (Å²) < 4.78 is 11.4. The average molecular weight is 430 g/mol. The van der Waals surface area contributed by atoms with Gasteiger partial charge in [-0.1, -0.05) is 23.2 Å². The Hall–Kier alpha value is -2.59. The number of carbonyl (C=O) groups excluding carboxylic acids is 1. The molecule has 0 amide bonds. The predicted octanol–water partition coefficient (Wildman–Crippen LogP) is 4.95. The predicted molar refractivity (Wildman–Crippen MR) is 110 cm³/mol. The molecule has 4 rings (SSSR count). The van der Waals surface area contributed by atoms with Gasteiger partial charge in [0.25, 0.3) is 0 Å². The minimum atomic E-state index is -0.400. The Morgan fingerprint density at radius 2 is 2.07 bits per heavy atom. The topological polar surface area (TPSA) is 79.4 Å². The van der Waals surface area contributed by atoms with E-state index in [1.807, 2.05) is 0 Å². The van der Waals surface area contributed by atoms with Crippen LogP contribution in [0.3, 0.4) is 0 Å². The van der Waals surface area contributed by atoms with Crippen LogP contribution in [-0.2, 0) is 4.74 Å². The highest BCUT2D eigenvalue weighted by molar-refractivity contribution is 6.35.